The van der Waals surface area contributed by atoms with Crippen molar-refractivity contribution in [1.29, 1.82) is 0 Å². The molecular formula is C29H31BrF2MgN2. The average Bonchev–Trinajstić information content (AvgIpc) is 2.87. The molecule has 1 saturated heterocycles. The molecule has 1 unspecified atom stereocenters. The van der Waals surface area contributed by atoms with Crippen LogP contribution in [0.3, 0.4) is 0 Å². The van der Waals surface area contributed by atoms with Gasteiger partial charge in [0.05, 0.1) is 0 Å². The number of hydrogen-bond acceptors (Lipinski definition) is 2. The van der Waals surface area contributed by atoms with Gasteiger partial charge in [-0.3, -0.25) is 9.80 Å². The van der Waals surface area contributed by atoms with Gasteiger partial charge < -0.3 is 17.0 Å². The van der Waals surface area contributed by atoms with E-state index in [4.69, 9.17) is 0 Å². The van der Waals surface area contributed by atoms with Crippen LogP contribution in [0.25, 0.3) is 5.57 Å². The Balaban J connectivity index is 0.000000417. The van der Waals surface area contributed by atoms with Gasteiger partial charge in [0, 0.05) is 44.6 Å². The van der Waals surface area contributed by atoms with E-state index < -0.39 is 0 Å². The summed E-state index contributed by atoms with van der Waals surface area (Å²) in [5.74, 6) is -0.366. The number of hydrogen-bond donors (Lipinski definition) is 0. The van der Waals surface area contributed by atoms with Crippen molar-refractivity contribution in [3.63, 3.8) is 0 Å². The van der Waals surface area contributed by atoms with Crippen molar-refractivity contribution in [3.8, 4) is 0 Å². The largest absolute Gasteiger partial charge is 2.00 e. The SMILES string of the molecule is Fc1cc[c-]cc1.Fc1ccc(C2=CCC(N3CCN(Cc4ccccc4)CC3)CC2)cc1.[Br-].[Mg+2]. The van der Waals surface area contributed by atoms with Crippen molar-refractivity contribution in [2.75, 3.05) is 26.2 Å². The van der Waals surface area contributed by atoms with Crippen LogP contribution in [0.5, 0.6) is 0 Å². The maximum absolute atomic E-state index is 13.1. The summed E-state index contributed by atoms with van der Waals surface area (Å²) in [6.45, 7) is 5.70. The van der Waals surface area contributed by atoms with E-state index in [1.54, 1.807) is 12.1 Å². The molecule has 0 radical (unpaired) electrons. The quantitative estimate of drug-likeness (QED) is 0.365. The number of benzene rings is 3. The van der Waals surface area contributed by atoms with Crippen molar-refractivity contribution in [1.82, 2.24) is 9.80 Å². The summed E-state index contributed by atoms with van der Waals surface area (Å²) in [4.78, 5) is 5.23. The molecule has 0 amide bonds. The molecule has 3 aromatic rings. The zero-order valence-corrected chi connectivity index (χ0v) is 23.1. The molecule has 0 spiro atoms. The van der Waals surface area contributed by atoms with Crippen LogP contribution in [0.15, 0.2) is 84.9 Å². The summed E-state index contributed by atoms with van der Waals surface area (Å²) in [7, 11) is 0. The fraction of sp³-hybridized carbons (Fsp3) is 0.310. The van der Waals surface area contributed by atoms with E-state index in [-0.39, 0.29) is 51.7 Å². The van der Waals surface area contributed by atoms with E-state index in [1.807, 2.05) is 12.1 Å². The predicted molar refractivity (Wildman–Crippen MR) is 136 cm³/mol. The molecule has 35 heavy (non-hydrogen) atoms. The molecule has 1 heterocycles. The second-order valence-corrected chi connectivity index (χ2v) is 8.68. The third kappa shape index (κ3) is 9.43. The van der Waals surface area contributed by atoms with Crippen LogP contribution >= 0.6 is 0 Å². The number of nitrogens with zero attached hydrogens (tertiary/aromatic N) is 2. The zero-order valence-electron chi connectivity index (χ0n) is 20.1. The molecule has 1 fully saturated rings. The fourth-order valence-electron chi connectivity index (χ4n) is 4.57. The molecule has 0 N–H and O–H groups in total. The number of piperazine rings is 1. The van der Waals surface area contributed by atoms with Gasteiger partial charge in [-0.1, -0.05) is 48.5 Å². The van der Waals surface area contributed by atoms with Gasteiger partial charge in [0.2, 0.25) is 0 Å². The number of halogens is 3. The Labute approximate surface area is 234 Å². The van der Waals surface area contributed by atoms with E-state index in [2.05, 4.69) is 52.3 Å². The van der Waals surface area contributed by atoms with Gasteiger partial charge in [-0.2, -0.15) is 18.2 Å². The Kier molecular flexibility index (Phi) is 13.1. The van der Waals surface area contributed by atoms with E-state index in [1.165, 1.54) is 47.4 Å². The fourth-order valence-corrected chi connectivity index (χ4v) is 4.57. The van der Waals surface area contributed by atoms with Gasteiger partial charge >= 0.3 is 23.1 Å². The summed E-state index contributed by atoms with van der Waals surface area (Å²) in [6, 6.07) is 26.9. The molecule has 6 heteroatoms. The molecule has 3 aromatic carbocycles. The zero-order chi connectivity index (χ0) is 22.9. The van der Waals surface area contributed by atoms with E-state index in [0.29, 0.717) is 6.04 Å². The summed E-state index contributed by atoms with van der Waals surface area (Å²) in [5, 5.41) is 0. The van der Waals surface area contributed by atoms with Gasteiger partial charge in [-0.25, -0.2) is 8.78 Å². The molecular weight excluding hydrogens is 519 g/mol. The number of allylic oxidation sites excluding steroid dienone is 1. The summed E-state index contributed by atoms with van der Waals surface area (Å²) < 4.78 is 25.0. The Morgan fingerprint density at radius 1 is 0.800 bits per heavy atom. The molecule has 2 aliphatic rings. The first kappa shape index (κ1) is 29.7. The van der Waals surface area contributed by atoms with Gasteiger partial charge in [0.25, 0.3) is 0 Å². The van der Waals surface area contributed by atoms with Crippen LogP contribution < -0.4 is 17.0 Å². The summed E-state index contributed by atoms with van der Waals surface area (Å²) in [6.07, 6.45) is 5.80. The molecule has 5 rings (SSSR count). The summed E-state index contributed by atoms with van der Waals surface area (Å²) >= 11 is 0. The van der Waals surface area contributed by atoms with Crippen LogP contribution in [0.4, 0.5) is 8.78 Å². The Bertz CT molecular complexity index is 1010. The van der Waals surface area contributed by atoms with Gasteiger partial charge in [0.1, 0.15) is 5.82 Å². The Morgan fingerprint density at radius 2 is 1.43 bits per heavy atom. The maximum Gasteiger partial charge on any atom is 2.00 e. The van der Waals surface area contributed by atoms with Crippen LogP contribution in [-0.2, 0) is 6.54 Å². The van der Waals surface area contributed by atoms with Gasteiger partial charge in [-0.05, 0) is 48.1 Å². The second kappa shape index (κ2) is 15.5. The Hall–Kier alpha value is -1.57. The monoisotopic (exact) mass is 548 g/mol. The van der Waals surface area contributed by atoms with Crippen LogP contribution in [0, 0.1) is 17.7 Å². The molecule has 2 nitrogen and oxygen atoms in total. The molecule has 180 valence electrons. The van der Waals surface area contributed by atoms with Gasteiger partial charge in [-0.15, -0.1) is 12.1 Å². The third-order valence-corrected chi connectivity index (χ3v) is 6.45. The summed E-state index contributed by atoms with van der Waals surface area (Å²) in [5.41, 5.74) is 3.96. The molecule has 0 aromatic heterocycles. The Morgan fingerprint density at radius 3 is 1.97 bits per heavy atom. The minimum Gasteiger partial charge on any atom is -1.00 e. The molecule has 1 atom stereocenters. The number of rotatable bonds is 4. The van der Waals surface area contributed by atoms with E-state index in [9.17, 15) is 8.78 Å². The van der Waals surface area contributed by atoms with Crippen molar-refractivity contribution < 1.29 is 25.8 Å². The van der Waals surface area contributed by atoms with Crippen LogP contribution in [0.2, 0.25) is 0 Å². The maximum atomic E-state index is 13.1. The van der Waals surface area contributed by atoms with Crippen molar-refractivity contribution >= 4 is 28.6 Å². The first-order valence-electron chi connectivity index (χ1n) is 11.7. The van der Waals surface area contributed by atoms with Crippen LogP contribution in [0.1, 0.15) is 30.4 Å². The minimum absolute atomic E-state index is 0. The smallest absolute Gasteiger partial charge is 1.00 e. The van der Waals surface area contributed by atoms with E-state index in [0.717, 1.165) is 45.6 Å². The molecule has 0 bridgehead atoms. The normalized spacial score (nSPS) is 18.2. The average molecular weight is 550 g/mol. The third-order valence-electron chi connectivity index (χ3n) is 6.45. The molecule has 1 aliphatic heterocycles. The first-order valence-corrected chi connectivity index (χ1v) is 11.7. The van der Waals surface area contributed by atoms with Crippen molar-refractivity contribution in [2.24, 2.45) is 0 Å². The van der Waals surface area contributed by atoms with E-state index >= 15 is 0 Å². The minimum atomic E-state index is -0.209. The topological polar surface area (TPSA) is 6.48 Å². The predicted octanol–water partition coefficient (Wildman–Crippen LogP) is 2.83. The molecule has 0 saturated carbocycles. The standard InChI is InChI=1S/C23H27FN2.C6H4F.BrH.Mg/c24-22-10-6-20(7-11-22)21-8-12-23(13-9-21)26-16-14-25(15-17-26)18-19-4-2-1-3-5-19;7-6-4-2-1-3-5-6;;/h1-8,10-11,23H,9,12-18H2;2-5H;1H;/q;-1;;+2/p-1. The van der Waals surface area contributed by atoms with Crippen molar-refractivity contribution in [3.05, 3.63) is 114 Å². The molecule has 1 aliphatic carbocycles. The van der Waals surface area contributed by atoms with Gasteiger partial charge in [0.15, 0.2) is 0 Å². The van der Waals surface area contributed by atoms with Crippen molar-refractivity contribution in [2.45, 2.75) is 31.8 Å². The van der Waals surface area contributed by atoms with Crippen LogP contribution in [-0.4, -0.2) is 65.1 Å². The first-order chi connectivity index (χ1) is 16.2. The second-order valence-electron chi connectivity index (χ2n) is 8.68.